The number of unbranched alkanes of at least 4 members (excludes halogenated alkanes) is 1. The number of rotatable bonds is 10. The molecule has 1 heterocycles. The van der Waals surface area contributed by atoms with Crippen LogP contribution >= 0.6 is 0 Å². The van der Waals surface area contributed by atoms with E-state index in [1.807, 2.05) is 17.0 Å². The number of methoxy groups -OCH3 is 3. The molecular weight excluding hydrogens is 356 g/mol. The first kappa shape index (κ1) is 22.3. The van der Waals surface area contributed by atoms with E-state index in [9.17, 15) is 4.79 Å². The Hall–Kier alpha value is -1.95. The summed E-state index contributed by atoms with van der Waals surface area (Å²) in [5, 5.41) is 0. The smallest absolute Gasteiger partial charge is 0.225 e. The second kappa shape index (κ2) is 11.1. The number of hydrogen-bond acceptors (Lipinski definition) is 5. The maximum absolute atomic E-state index is 12.8. The summed E-state index contributed by atoms with van der Waals surface area (Å²) in [6, 6.07) is 3.94. The van der Waals surface area contributed by atoms with Crippen molar-refractivity contribution < 1.29 is 19.0 Å². The average molecular weight is 393 g/mol. The Labute approximate surface area is 169 Å². The van der Waals surface area contributed by atoms with E-state index in [-0.39, 0.29) is 5.92 Å². The minimum absolute atomic E-state index is 0.178. The fourth-order valence-corrected chi connectivity index (χ4v) is 3.87. The van der Waals surface area contributed by atoms with Crippen molar-refractivity contribution >= 4 is 5.91 Å². The van der Waals surface area contributed by atoms with Crippen LogP contribution in [0.4, 0.5) is 0 Å². The first-order chi connectivity index (χ1) is 13.6. The Morgan fingerprint density at radius 1 is 1.00 bits per heavy atom. The lowest BCUT2D eigenvalue weighted by atomic mass is 9.97. The van der Waals surface area contributed by atoms with Gasteiger partial charge in [-0.05, 0) is 18.9 Å². The number of nitrogens with zero attached hydrogens (tertiary/aromatic N) is 2. The van der Waals surface area contributed by atoms with Gasteiger partial charge in [0.05, 0.1) is 21.3 Å². The van der Waals surface area contributed by atoms with Crippen molar-refractivity contribution in [2.45, 2.75) is 46.1 Å². The van der Waals surface area contributed by atoms with Gasteiger partial charge in [0.25, 0.3) is 0 Å². The van der Waals surface area contributed by atoms with Crippen molar-refractivity contribution in [3.8, 4) is 17.2 Å². The molecule has 6 nitrogen and oxygen atoms in total. The van der Waals surface area contributed by atoms with E-state index >= 15 is 0 Å². The molecule has 1 fully saturated rings. The zero-order valence-corrected chi connectivity index (χ0v) is 18.1. The first-order valence-corrected chi connectivity index (χ1v) is 10.4. The number of amides is 1. The van der Waals surface area contributed by atoms with Crippen LogP contribution in [0, 0.1) is 5.92 Å². The van der Waals surface area contributed by atoms with Gasteiger partial charge in [0.15, 0.2) is 11.5 Å². The normalized spacial score (nSPS) is 16.0. The van der Waals surface area contributed by atoms with Crippen molar-refractivity contribution in [3.63, 3.8) is 0 Å². The van der Waals surface area contributed by atoms with Gasteiger partial charge < -0.3 is 19.1 Å². The van der Waals surface area contributed by atoms with Gasteiger partial charge in [-0.15, -0.1) is 0 Å². The van der Waals surface area contributed by atoms with Gasteiger partial charge >= 0.3 is 0 Å². The molecule has 0 aromatic heterocycles. The molecule has 1 amide bonds. The zero-order valence-electron chi connectivity index (χ0n) is 18.1. The summed E-state index contributed by atoms with van der Waals surface area (Å²) in [4.78, 5) is 17.2. The molecule has 0 N–H and O–H groups in total. The molecular formula is C22H36N2O4. The molecule has 0 spiro atoms. The van der Waals surface area contributed by atoms with Crippen LogP contribution in [0.15, 0.2) is 12.1 Å². The molecule has 6 heteroatoms. The second-order valence-electron chi connectivity index (χ2n) is 7.34. The van der Waals surface area contributed by atoms with Crippen molar-refractivity contribution in [1.82, 2.24) is 9.80 Å². The van der Waals surface area contributed by atoms with Crippen LogP contribution in [0.2, 0.25) is 0 Å². The Balaban J connectivity index is 1.98. The maximum atomic E-state index is 12.8. The summed E-state index contributed by atoms with van der Waals surface area (Å²) in [7, 11) is 4.90. The molecule has 0 aliphatic carbocycles. The van der Waals surface area contributed by atoms with E-state index in [4.69, 9.17) is 14.2 Å². The third kappa shape index (κ3) is 5.31. The molecule has 0 radical (unpaired) electrons. The van der Waals surface area contributed by atoms with Crippen molar-refractivity contribution in [3.05, 3.63) is 17.7 Å². The monoisotopic (exact) mass is 392 g/mol. The molecule has 28 heavy (non-hydrogen) atoms. The molecule has 1 atom stereocenters. The Morgan fingerprint density at radius 3 is 2.21 bits per heavy atom. The van der Waals surface area contributed by atoms with Crippen LogP contribution in [0.25, 0.3) is 0 Å². The van der Waals surface area contributed by atoms with E-state index in [1.54, 1.807) is 21.3 Å². The molecule has 1 aromatic rings. The predicted molar refractivity (Wildman–Crippen MR) is 111 cm³/mol. The zero-order chi connectivity index (χ0) is 20.5. The number of carbonyl (C=O) groups is 1. The van der Waals surface area contributed by atoms with Crippen LogP contribution in [0.5, 0.6) is 17.2 Å². The Bertz CT molecular complexity index is 627. The maximum Gasteiger partial charge on any atom is 0.225 e. The molecule has 1 unspecified atom stereocenters. The quantitative estimate of drug-likeness (QED) is 0.609. The number of piperazine rings is 1. The first-order valence-electron chi connectivity index (χ1n) is 10.4. The van der Waals surface area contributed by atoms with Crippen LogP contribution < -0.4 is 14.2 Å². The molecule has 1 aliphatic rings. The number of ether oxygens (including phenoxy) is 3. The van der Waals surface area contributed by atoms with E-state index in [0.717, 1.165) is 64.0 Å². The van der Waals surface area contributed by atoms with Gasteiger partial charge in [0.1, 0.15) is 0 Å². The second-order valence-corrected chi connectivity index (χ2v) is 7.34. The van der Waals surface area contributed by atoms with Gasteiger partial charge in [0, 0.05) is 44.2 Å². The summed E-state index contributed by atoms with van der Waals surface area (Å²) < 4.78 is 16.4. The highest BCUT2D eigenvalue weighted by Gasteiger charge is 2.27. The SMILES string of the molecule is CCCCC(CC)C(=O)N1CCN(Cc2ccc(OC)c(OC)c2OC)CC1. The highest BCUT2D eigenvalue weighted by atomic mass is 16.5. The molecule has 1 aliphatic heterocycles. The van der Waals surface area contributed by atoms with Gasteiger partial charge in [-0.2, -0.15) is 0 Å². The van der Waals surface area contributed by atoms with Crippen LogP contribution in [0.3, 0.4) is 0 Å². The van der Waals surface area contributed by atoms with Crippen molar-refractivity contribution in [2.75, 3.05) is 47.5 Å². The van der Waals surface area contributed by atoms with Crippen LogP contribution in [-0.4, -0.2) is 63.2 Å². The Kier molecular flexibility index (Phi) is 8.90. The van der Waals surface area contributed by atoms with E-state index < -0.39 is 0 Å². The topological polar surface area (TPSA) is 51.2 Å². The van der Waals surface area contributed by atoms with Gasteiger partial charge in [0.2, 0.25) is 11.7 Å². The molecule has 2 rings (SSSR count). The lowest BCUT2D eigenvalue weighted by Gasteiger charge is -2.36. The van der Waals surface area contributed by atoms with E-state index in [1.165, 1.54) is 0 Å². The summed E-state index contributed by atoms with van der Waals surface area (Å²) in [6.45, 7) is 8.38. The van der Waals surface area contributed by atoms with Crippen LogP contribution in [0.1, 0.15) is 45.1 Å². The number of benzene rings is 1. The highest BCUT2D eigenvalue weighted by Crippen LogP contribution is 2.40. The highest BCUT2D eigenvalue weighted by molar-refractivity contribution is 5.78. The van der Waals surface area contributed by atoms with E-state index in [2.05, 4.69) is 18.7 Å². The third-order valence-electron chi connectivity index (χ3n) is 5.61. The average Bonchev–Trinajstić information content (AvgIpc) is 2.74. The fourth-order valence-electron chi connectivity index (χ4n) is 3.87. The van der Waals surface area contributed by atoms with Crippen molar-refractivity contribution in [1.29, 1.82) is 0 Å². The third-order valence-corrected chi connectivity index (χ3v) is 5.61. The lowest BCUT2D eigenvalue weighted by Crippen LogP contribution is -2.50. The minimum atomic E-state index is 0.178. The number of hydrogen-bond donors (Lipinski definition) is 0. The van der Waals surface area contributed by atoms with Gasteiger partial charge in [-0.3, -0.25) is 9.69 Å². The molecule has 1 aromatic carbocycles. The summed E-state index contributed by atoms with van der Waals surface area (Å²) in [5.74, 6) is 2.51. The molecule has 0 saturated carbocycles. The predicted octanol–water partition coefficient (Wildman–Crippen LogP) is 3.57. The number of carbonyl (C=O) groups excluding carboxylic acids is 1. The molecule has 158 valence electrons. The standard InChI is InChI=1S/C22H36N2O4/c1-6-8-9-17(7-2)22(25)24-14-12-23(13-15-24)16-18-10-11-19(26-3)21(28-5)20(18)27-4/h10-11,17H,6-9,12-16H2,1-5H3. The van der Waals surface area contributed by atoms with Crippen LogP contribution in [-0.2, 0) is 11.3 Å². The summed E-state index contributed by atoms with van der Waals surface area (Å²) in [6.07, 6.45) is 4.21. The fraction of sp³-hybridized carbons (Fsp3) is 0.682. The Morgan fingerprint density at radius 2 is 1.68 bits per heavy atom. The summed E-state index contributed by atoms with van der Waals surface area (Å²) >= 11 is 0. The van der Waals surface area contributed by atoms with Gasteiger partial charge in [-0.25, -0.2) is 0 Å². The lowest BCUT2D eigenvalue weighted by molar-refractivity contribution is -0.137. The summed E-state index contributed by atoms with van der Waals surface area (Å²) in [5.41, 5.74) is 1.06. The largest absolute Gasteiger partial charge is 0.493 e. The van der Waals surface area contributed by atoms with Gasteiger partial charge in [-0.1, -0.05) is 32.8 Å². The van der Waals surface area contributed by atoms with Crippen molar-refractivity contribution in [2.24, 2.45) is 5.92 Å². The minimum Gasteiger partial charge on any atom is -0.493 e. The van der Waals surface area contributed by atoms with E-state index in [0.29, 0.717) is 23.2 Å². The molecule has 1 saturated heterocycles. The molecule has 0 bridgehead atoms.